The van der Waals surface area contributed by atoms with E-state index in [0.29, 0.717) is 36.6 Å². The number of methoxy groups -OCH3 is 2. The second kappa shape index (κ2) is 11.8. The highest BCUT2D eigenvalue weighted by atomic mass is 16.5. The van der Waals surface area contributed by atoms with E-state index in [1.807, 2.05) is 36.4 Å². The Morgan fingerprint density at radius 2 is 2.09 bits per heavy atom. The lowest BCUT2D eigenvalue weighted by Gasteiger charge is -2.33. The van der Waals surface area contributed by atoms with Crippen LogP contribution in [0, 0.1) is 0 Å². The Hall–Kier alpha value is -3.50. The topological polar surface area (TPSA) is 108 Å². The Kier molecular flexibility index (Phi) is 8.27. The summed E-state index contributed by atoms with van der Waals surface area (Å²) in [5, 5.41) is 11.2. The minimum atomic E-state index is -0.881. The molecule has 10 heteroatoms. The van der Waals surface area contributed by atoms with Gasteiger partial charge in [0.25, 0.3) is 0 Å². The van der Waals surface area contributed by atoms with Crippen molar-refractivity contribution in [2.75, 3.05) is 40.5 Å². The van der Waals surface area contributed by atoms with Crippen LogP contribution in [0.15, 0.2) is 48.5 Å². The van der Waals surface area contributed by atoms with E-state index in [2.05, 4.69) is 15.6 Å². The lowest BCUT2D eigenvalue weighted by Crippen LogP contribution is -2.48. The van der Waals surface area contributed by atoms with Crippen molar-refractivity contribution in [2.45, 2.75) is 31.5 Å². The monoisotopic (exact) mass is 481 g/mol. The Labute approximate surface area is 204 Å². The molecule has 0 bridgehead atoms. The maximum absolute atomic E-state index is 13.8. The van der Waals surface area contributed by atoms with E-state index in [0.717, 1.165) is 18.4 Å². The largest absolute Gasteiger partial charge is 0.497 e. The summed E-state index contributed by atoms with van der Waals surface area (Å²) in [5.74, 6) is 0.0416. The number of carbonyl (C=O) groups excluding carboxylic acids is 2. The highest BCUT2D eigenvalue weighted by Crippen LogP contribution is 2.27. The Morgan fingerprint density at radius 3 is 2.86 bits per heavy atom. The number of carbonyl (C=O) groups is 2. The molecule has 0 spiro atoms. The fourth-order valence-corrected chi connectivity index (χ4v) is 4.27. The maximum Gasteiger partial charge on any atom is 0.247 e. The maximum atomic E-state index is 13.8. The molecule has 3 aromatic rings. The van der Waals surface area contributed by atoms with Crippen LogP contribution in [0.5, 0.6) is 5.75 Å². The van der Waals surface area contributed by atoms with Gasteiger partial charge >= 0.3 is 0 Å². The molecule has 1 aliphatic rings. The second-order valence-electron chi connectivity index (χ2n) is 8.38. The summed E-state index contributed by atoms with van der Waals surface area (Å²) < 4.78 is 17.9. The molecule has 1 aliphatic heterocycles. The summed E-state index contributed by atoms with van der Waals surface area (Å²) in [6.07, 6.45) is 1.60. The van der Waals surface area contributed by atoms with E-state index < -0.39 is 6.04 Å². The summed E-state index contributed by atoms with van der Waals surface area (Å²) in [5.41, 5.74) is 2.10. The number of fused-ring (bicyclic) bond motifs is 1. The van der Waals surface area contributed by atoms with Gasteiger partial charge in [-0.25, -0.2) is 4.68 Å². The smallest absolute Gasteiger partial charge is 0.247 e. The van der Waals surface area contributed by atoms with Crippen molar-refractivity contribution < 1.29 is 23.8 Å². The molecule has 1 fully saturated rings. The normalized spacial score (nSPS) is 16.2. The molecular formula is C25H31N5O5. The number of rotatable bonds is 11. The number of amides is 2. The summed E-state index contributed by atoms with van der Waals surface area (Å²) >= 11 is 0. The molecule has 35 heavy (non-hydrogen) atoms. The van der Waals surface area contributed by atoms with Crippen molar-refractivity contribution in [3.63, 3.8) is 0 Å². The van der Waals surface area contributed by atoms with Gasteiger partial charge in [-0.3, -0.25) is 9.59 Å². The Morgan fingerprint density at radius 1 is 1.23 bits per heavy atom. The van der Waals surface area contributed by atoms with Gasteiger partial charge in [-0.15, -0.1) is 5.10 Å². The average Bonchev–Trinajstić information content (AvgIpc) is 3.54. The van der Waals surface area contributed by atoms with E-state index in [4.69, 9.17) is 14.2 Å². The summed E-state index contributed by atoms with van der Waals surface area (Å²) in [4.78, 5) is 28.9. The molecule has 2 amide bonds. The zero-order valence-corrected chi connectivity index (χ0v) is 20.1. The molecular weight excluding hydrogens is 450 g/mol. The molecule has 1 saturated heterocycles. The van der Waals surface area contributed by atoms with Crippen LogP contribution in [0.25, 0.3) is 11.0 Å². The predicted octanol–water partition coefficient (Wildman–Crippen LogP) is 1.95. The molecule has 0 radical (unpaired) electrons. The van der Waals surface area contributed by atoms with Gasteiger partial charge in [-0.2, -0.15) is 0 Å². The molecule has 2 heterocycles. The molecule has 2 aromatic carbocycles. The number of hydrogen-bond acceptors (Lipinski definition) is 7. The van der Waals surface area contributed by atoms with E-state index in [1.54, 1.807) is 35.9 Å². The second-order valence-corrected chi connectivity index (χ2v) is 8.38. The highest BCUT2D eigenvalue weighted by Gasteiger charge is 2.34. The number of nitrogens with zero attached hydrogens (tertiary/aromatic N) is 4. The van der Waals surface area contributed by atoms with E-state index in [-0.39, 0.29) is 31.0 Å². The van der Waals surface area contributed by atoms with Crippen molar-refractivity contribution in [1.82, 2.24) is 25.2 Å². The molecule has 1 N–H and O–H groups in total. The number of ether oxygens (including phenoxy) is 3. The first-order valence-electron chi connectivity index (χ1n) is 11.7. The van der Waals surface area contributed by atoms with Gasteiger partial charge in [-0.05, 0) is 42.7 Å². The van der Waals surface area contributed by atoms with Crippen molar-refractivity contribution in [2.24, 2.45) is 0 Å². The van der Waals surface area contributed by atoms with Crippen LogP contribution in [0.3, 0.4) is 0 Å². The first kappa shape index (κ1) is 24.6. The lowest BCUT2D eigenvalue weighted by atomic mass is 10.0. The van der Waals surface area contributed by atoms with Gasteiger partial charge < -0.3 is 24.4 Å². The quantitative estimate of drug-likeness (QED) is 0.417. The molecule has 1 aromatic heterocycles. The number of nitrogens with one attached hydrogen (secondary N) is 1. The van der Waals surface area contributed by atoms with Crippen molar-refractivity contribution in [3.8, 4) is 5.75 Å². The van der Waals surface area contributed by atoms with Crippen molar-refractivity contribution in [1.29, 1.82) is 0 Å². The number of para-hydroxylation sites is 1. The van der Waals surface area contributed by atoms with Gasteiger partial charge in [0.1, 0.15) is 23.9 Å². The van der Waals surface area contributed by atoms with E-state index in [9.17, 15) is 9.59 Å². The van der Waals surface area contributed by atoms with Crippen LogP contribution >= 0.6 is 0 Å². The van der Waals surface area contributed by atoms with E-state index >= 15 is 0 Å². The number of benzene rings is 2. The highest BCUT2D eigenvalue weighted by molar-refractivity contribution is 5.89. The first-order valence-corrected chi connectivity index (χ1v) is 11.7. The van der Waals surface area contributed by atoms with Crippen LogP contribution in [-0.2, 0) is 25.6 Å². The van der Waals surface area contributed by atoms with Crippen LogP contribution < -0.4 is 10.1 Å². The molecule has 10 nitrogen and oxygen atoms in total. The lowest BCUT2D eigenvalue weighted by molar-refractivity contribution is -0.143. The van der Waals surface area contributed by atoms with Crippen molar-refractivity contribution in [3.05, 3.63) is 54.1 Å². The third-order valence-electron chi connectivity index (χ3n) is 6.02. The van der Waals surface area contributed by atoms with Gasteiger partial charge in [0.2, 0.25) is 11.8 Å². The fourth-order valence-electron chi connectivity index (χ4n) is 4.27. The van der Waals surface area contributed by atoms with E-state index in [1.165, 1.54) is 0 Å². The molecule has 2 atom stereocenters. The van der Waals surface area contributed by atoms with Crippen LogP contribution in [-0.4, -0.2) is 78.3 Å². The van der Waals surface area contributed by atoms with Crippen LogP contribution in [0.4, 0.5) is 0 Å². The van der Waals surface area contributed by atoms with Gasteiger partial charge in [-0.1, -0.05) is 29.5 Å². The SMILES string of the molecule is COCCNC(=O)C(c1cccc(OC)c1)N(CC1CCCO1)C(=O)Cn1nnc2ccccc21. The standard InChI is InChI=1S/C25H31N5O5/c1-33-14-12-26-25(32)24(18-7-5-8-19(15-18)34-2)29(16-20-9-6-13-35-20)23(31)17-30-22-11-4-3-10-21(22)27-28-30/h3-5,7-8,10-11,15,20,24H,6,9,12-14,16-17H2,1-2H3,(H,26,32). The van der Waals surface area contributed by atoms with Gasteiger partial charge in [0.05, 0.1) is 25.3 Å². The third-order valence-corrected chi connectivity index (χ3v) is 6.02. The molecule has 4 rings (SSSR count). The van der Waals surface area contributed by atoms with Gasteiger partial charge in [0.15, 0.2) is 0 Å². The third kappa shape index (κ3) is 5.95. The first-order chi connectivity index (χ1) is 17.1. The summed E-state index contributed by atoms with van der Waals surface area (Å²) in [6.45, 7) is 1.56. The van der Waals surface area contributed by atoms with Crippen LogP contribution in [0.1, 0.15) is 24.4 Å². The number of aromatic nitrogens is 3. The van der Waals surface area contributed by atoms with Gasteiger partial charge in [0, 0.05) is 26.8 Å². The minimum absolute atomic E-state index is 0.0565. The summed E-state index contributed by atoms with van der Waals surface area (Å²) in [7, 11) is 3.14. The average molecular weight is 482 g/mol. The number of hydrogen-bond donors (Lipinski definition) is 1. The Balaban J connectivity index is 1.68. The van der Waals surface area contributed by atoms with Crippen LogP contribution in [0.2, 0.25) is 0 Å². The molecule has 0 saturated carbocycles. The molecule has 186 valence electrons. The molecule has 2 unspecified atom stereocenters. The minimum Gasteiger partial charge on any atom is -0.497 e. The zero-order chi connectivity index (χ0) is 24.6. The summed E-state index contributed by atoms with van der Waals surface area (Å²) in [6, 6.07) is 13.8. The Bertz CT molecular complexity index is 1140. The van der Waals surface area contributed by atoms with Crippen molar-refractivity contribution >= 4 is 22.8 Å². The predicted molar refractivity (Wildman–Crippen MR) is 129 cm³/mol. The zero-order valence-electron chi connectivity index (χ0n) is 20.1. The molecule has 0 aliphatic carbocycles. The fraction of sp³-hybridized carbons (Fsp3) is 0.440.